The smallest absolute Gasteiger partial charge is 0.493 e. The minimum absolute atomic E-state index is 0.151. The summed E-state index contributed by atoms with van der Waals surface area (Å²) in [5.41, 5.74) is 4.39. The molecule has 12 heteroatoms. The second kappa shape index (κ2) is 16.7. The van der Waals surface area contributed by atoms with Gasteiger partial charge in [-0.25, -0.2) is 19.2 Å². The average Bonchev–Trinajstić information content (AvgIpc) is 3.48. The number of carbonyl (C=O) groups excluding carboxylic acids is 4. The van der Waals surface area contributed by atoms with E-state index in [1.165, 1.54) is 0 Å². The van der Waals surface area contributed by atoms with Gasteiger partial charge < -0.3 is 37.9 Å². The summed E-state index contributed by atoms with van der Waals surface area (Å²) in [5, 5.41) is 2.06. The van der Waals surface area contributed by atoms with Crippen molar-refractivity contribution >= 4 is 35.0 Å². The highest BCUT2D eigenvalue weighted by atomic mass is 16.7. The molecule has 55 heavy (non-hydrogen) atoms. The molecule has 0 spiro atoms. The summed E-state index contributed by atoms with van der Waals surface area (Å²) in [5.74, 6) is 0.248. The Morgan fingerprint density at radius 1 is 0.545 bits per heavy atom. The Bertz CT molecular complexity index is 2170. The zero-order chi connectivity index (χ0) is 39.0. The highest BCUT2D eigenvalue weighted by Gasteiger charge is 2.47. The first-order valence-electron chi connectivity index (χ1n) is 17.0. The molecule has 0 amide bonds. The topological polar surface area (TPSA) is 142 Å². The summed E-state index contributed by atoms with van der Waals surface area (Å²) in [6.07, 6.45) is 0.0859. The van der Waals surface area contributed by atoms with Crippen LogP contribution in [0.2, 0.25) is 0 Å². The maximum atomic E-state index is 12.5. The van der Waals surface area contributed by atoms with Crippen molar-refractivity contribution in [2.24, 2.45) is 0 Å². The molecule has 1 aliphatic carbocycles. The van der Waals surface area contributed by atoms with Gasteiger partial charge in [0.15, 0.2) is 11.5 Å². The van der Waals surface area contributed by atoms with Crippen molar-refractivity contribution < 1.29 is 57.1 Å². The van der Waals surface area contributed by atoms with E-state index in [0.717, 1.165) is 56.3 Å². The van der Waals surface area contributed by atoms with E-state index in [2.05, 4.69) is 31.4 Å². The molecule has 5 aromatic rings. The largest absolute Gasteiger partial charge is 0.513 e. The van der Waals surface area contributed by atoms with Crippen molar-refractivity contribution in [1.82, 2.24) is 0 Å². The lowest BCUT2D eigenvalue weighted by molar-refractivity contribution is -0.139. The van der Waals surface area contributed by atoms with Crippen molar-refractivity contribution in [3.63, 3.8) is 0 Å². The molecule has 5 aromatic carbocycles. The molecule has 0 saturated heterocycles. The predicted molar refractivity (Wildman–Crippen MR) is 201 cm³/mol. The van der Waals surface area contributed by atoms with E-state index in [4.69, 9.17) is 37.9 Å². The lowest BCUT2D eigenvalue weighted by Gasteiger charge is -2.34. The summed E-state index contributed by atoms with van der Waals surface area (Å²) in [6.45, 7) is 5.94. The van der Waals surface area contributed by atoms with Crippen molar-refractivity contribution in [2.45, 2.75) is 5.41 Å². The van der Waals surface area contributed by atoms with E-state index in [0.29, 0.717) is 11.5 Å². The second-order valence-electron chi connectivity index (χ2n) is 11.9. The third kappa shape index (κ3) is 7.84. The number of methoxy groups -OCH3 is 2. The van der Waals surface area contributed by atoms with Gasteiger partial charge in [-0.2, -0.15) is 0 Å². The van der Waals surface area contributed by atoms with Gasteiger partial charge in [0.1, 0.15) is 37.9 Å². The molecule has 6 rings (SSSR count). The molecular formula is C43H36O12. The summed E-state index contributed by atoms with van der Waals surface area (Å²) in [7, 11) is 3.16. The van der Waals surface area contributed by atoms with Gasteiger partial charge in [0, 0.05) is 12.2 Å². The van der Waals surface area contributed by atoms with Crippen molar-refractivity contribution in [3.8, 4) is 34.1 Å². The fourth-order valence-corrected chi connectivity index (χ4v) is 6.57. The quantitative estimate of drug-likeness (QED) is 0.0355. The van der Waals surface area contributed by atoms with Gasteiger partial charge in [-0.3, -0.25) is 0 Å². The summed E-state index contributed by atoms with van der Waals surface area (Å²) in [6, 6.07) is 30.4. The molecule has 0 unspecified atom stereocenters. The van der Waals surface area contributed by atoms with Crippen LogP contribution < -0.4 is 18.9 Å². The first-order chi connectivity index (χ1) is 26.7. The van der Waals surface area contributed by atoms with E-state index < -0.39 is 29.7 Å². The number of fused-ring (bicyclic) bond motifs is 4. The summed E-state index contributed by atoms with van der Waals surface area (Å²) < 4.78 is 42.2. The van der Waals surface area contributed by atoms with Gasteiger partial charge in [0.2, 0.25) is 0 Å². The molecule has 0 aromatic heterocycles. The van der Waals surface area contributed by atoms with Crippen LogP contribution in [-0.4, -0.2) is 64.9 Å². The molecule has 1 aliphatic rings. The summed E-state index contributed by atoms with van der Waals surface area (Å²) in [4.78, 5) is 47.4. The van der Waals surface area contributed by atoms with Crippen molar-refractivity contribution in [1.29, 1.82) is 0 Å². The highest BCUT2D eigenvalue weighted by Crippen LogP contribution is 2.59. The van der Waals surface area contributed by atoms with Crippen LogP contribution >= 0.6 is 0 Å². The Morgan fingerprint density at radius 3 is 1.44 bits per heavy atom. The summed E-state index contributed by atoms with van der Waals surface area (Å²) >= 11 is 0. The molecule has 0 saturated carbocycles. The normalized spacial score (nSPS) is 12.0. The van der Waals surface area contributed by atoms with Crippen LogP contribution in [0.5, 0.6) is 23.0 Å². The highest BCUT2D eigenvalue weighted by molar-refractivity contribution is 5.96. The standard InChI is InChI=1S/C43H36O12/c1-5-39(44)50-19-21-52-41(46)54-31-15-11-29(12-16-31)43(30-13-17-32(18-14-30)55-42(47)53-22-20-51-40(45)6-2)35-24-28-10-8-7-9-27(28)23-33(35)34-25-37(48-3)38(49-4)26-36(34)43/h5-18,23-26H,1-2,19-22H2,3-4H3. The Labute approximate surface area is 316 Å². The van der Waals surface area contributed by atoms with Crippen LogP contribution in [0.3, 0.4) is 0 Å². The maximum Gasteiger partial charge on any atom is 0.513 e. The van der Waals surface area contributed by atoms with Crippen molar-refractivity contribution in [3.05, 3.63) is 145 Å². The molecule has 280 valence electrons. The molecule has 0 heterocycles. The Kier molecular flexibility index (Phi) is 11.5. The lowest BCUT2D eigenvalue weighted by Crippen LogP contribution is -2.28. The minimum Gasteiger partial charge on any atom is -0.493 e. The van der Waals surface area contributed by atoms with E-state index >= 15 is 0 Å². The minimum atomic E-state index is -0.976. The number of benzene rings is 5. The lowest BCUT2D eigenvalue weighted by atomic mass is 9.67. The zero-order valence-electron chi connectivity index (χ0n) is 30.0. The number of esters is 2. The molecule has 0 radical (unpaired) electrons. The third-order valence-electron chi connectivity index (χ3n) is 8.91. The predicted octanol–water partition coefficient (Wildman–Crippen LogP) is 7.71. The van der Waals surface area contributed by atoms with Gasteiger partial charge in [-0.15, -0.1) is 0 Å². The molecule has 0 aliphatic heterocycles. The zero-order valence-corrected chi connectivity index (χ0v) is 30.0. The van der Waals surface area contributed by atoms with E-state index in [1.54, 1.807) is 38.5 Å². The Morgan fingerprint density at radius 2 is 0.964 bits per heavy atom. The molecule has 0 atom stereocenters. The van der Waals surface area contributed by atoms with Gasteiger partial charge in [0.25, 0.3) is 0 Å². The van der Waals surface area contributed by atoms with Crippen LogP contribution in [0.25, 0.3) is 21.9 Å². The number of ether oxygens (including phenoxy) is 8. The Hall–Kier alpha value is -7.08. The number of rotatable bonds is 14. The fraction of sp³-hybridized carbons (Fsp3) is 0.163. The molecule has 0 N–H and O–H groups in total. The van der Waals surface area contributed by atoms with E-state index in [-0.39, 0.29) is 37.9 Å². The average molecular weight is 745 g/mol. The monoisotopic (exact) mass is 744 g/mol. The van der Waals surface area contributed by atoms with Gasteiger partial charge in [-0.05, 0) is 92.7 Å². The van der Waals surface area contributed by atoms with Gasteiger partial charge in [-0.1, -0.05) is 61.7 Å². The third-order valence-corrected chi connectivity index (χ3v) is 8.91. The molecule has 0 fully saturated rings. The second-order valence-corrected chi connectivity index (χ2v) is 11.9. The first kappa shape index (κ1) is 37.7. The number of hydrogen-bond acceptors (Lipinski definition) is 12. The number of hydrogen-bond donors (Lipinski definition) is 0. The van der Waals surface area contributed by atoms with Crippen molar-refractivity contribution in [2.75, 3.05) is 40.6 Å². The van der Waals surface area contributed by atoms with Crippen LogP contribution in [0, 0.1) is 0 Å². The fourth-order valence-electron chi connectivity index (χ4n) is 6.57. The van der Waals surface area contributed by atoms with E-state index in [9.17, 15) is 19.2 Å². The molecule has 0 bridgehead atoms. The van der Waals surface area contributed by atoms with Crippen LogP contribution in [0.1, 0.15) is 22.3 Å². The Balaban J connectivity index is 1.41. The van der Waals surface area contributed by atoms with Crippen LogP contribution in [-0.2, 0) is 34.0 Å². The molecular weight excluding hydrogens is 708 g/mol. The van der Waals surface area contributed by atoms with Gasteiger partial charge in [0.05, 0.1) is 19.6 Å². The first-order valence-corrected chi connectivity index (χ1v) is 17.0. The van der Waals surface area contributed by atoms with Crippen LogP contribution in [0.15, 0.2) is 122 Å². The van der Waals surface area contributed by atoms with Gasteiger partial charge >= 0.3 is 24.2 Å². The molecule has 12 nitrogen and oxygen atoms in total. The van der Waals surface area contributed by atoms with E-state index in [1.807, 2.05) is 54.6 Å². The maximum absolute atomic E-state index is 12.5. The van der Waals surface area contributed by atoms with Crippen LogP contribution in [0.4, 0.5) is 9.59 Å². The SMILES string of the molecule is C=CC(=O)OCCOC(=O)Oc1ccc(C2(c3ccc(OC(=O)OCCOC(=O)C=C)cc3)c3cc(OC)c(OC)cc3-c3cc4ccccc4cc32)cc1. The number of carbonyl (C=O) groups is 4.